The molecule has 0 N–H and O–H groups in total. The van der Waals surface area contributed by atoms with Crippen molar-refractivity contribution in [2.45, 2.75) is 33.1 Å². The molecule has 0 radical (unpaired) electrons. The second-order valence-electron chi connectivity index (χ2n) is 3.93. The highest BCUT2D eigenvalue weighted by molar-refractivity contribution is 5.18. The van der Waals surface area contributed by atoms with Crippen molar-refractivity contribution in [1.29, 1.82) is 0 Å². The van der Waals surface area contributed by atoms with Gasteiger partial charge in [-0.05, 0) is 37.0 Å². The SMILES string of the molecule is CCC1=C[C@H]2C(C)C[C@H]2C1. The van der Waals surface area contributed by atoms with Crippen molar-refractivity contribution in [2.75, 3.05) is 0 Å². The molecule has 1 fully saturated rings. The van der Waals surface area contributed by atoms with Gasteiger partial charge in [-0.15, -0.1) is 0 Å². The molecule has 2 aliphatic rings. The molecular weight excluding hydrogens is 120 g/mol. The van der Waals surface area contributed by atoms with Crippen molar-refractivity contribution < 1.29 is 0 Å². The molecule has 0 aromatic rings. The van der Waals surface area contributed by atoms with Gasteiger partial charge in [0.1, 0.15) is 0 Å². The molecule has 0 saturated heterocycles. The summed E-state index contributed by atoms with van der Waals surface area (Å²) in [6.45, 7) is 4.66. The average molecular weight is 136 g/mol. The fourth-order valence-electron chi connectivity index (χ4n) is 2.52. The van der Waals surface area contributed by atoms with Gasteiger partial charge in [0, 0.05) is 0 Å². The number of rotatable bonds is 1. The molecular formula is C10H16. The molecule has 56 valence electrons. The third-order valence-electron chi connectivity index (χ3n) is 3.28. The fourth-order valence-corrected chi connectivity index (χ4v) is 2.52. The lowest BCUT2D eigenvalue weighted by Gasteiger charge is -2.37. The maximum Gasteiger partial charge on any atom is -0.0173 e. The second-order valence-corrected chi connectivity index (χ2v) is 3.93. The zero-order valence-corrected chi connectivity index (χ0v) is 6.93. The molecule has 0 spiro atoms. The molecule has 0 amide bonds. The largest absolute Gasteiger partial charge is 0.0817 e. The molecule has 0 aliphatic heterocycles. The number of allylic oxidation sites excluding steroid dienone is 2. The highest BCUT2D eigenvalue weighted by atomic mass is 14.4. The molecule has 1 saturated carbocycles. The maximum absolute atomic E-state index is 2.54. The first kappa shape index (κ1) is 6.45. The molecule has 3 atom stereocenters. The summed E-state index contributed by atoms with van der Waals surface area (Å²) in [6, 6.07) is 0. The van der Waals surface area contributed by atoms with E-state index in [1.54, 1.807) is 5.57 Å². The Balaban J connectivity index is 2.05. The van der Waals surface area contributed by atoms with Gasteiger partial charge in [0.05, 0.1) is 0 Å². The van der Waals surface area contributed by atoms with Crippen LogP contribution in [0.3, 0.4) is 0 Å². The molecule has 0 aromatic heterocycles. The molecule has 1 unspecified atom stereocenters. The summed E-state index contributed by atoms with van der Waals surface area (Å²) < 4.78 is 0. The van der Waals surface area contributed by atoms with E-state index in [2.05, 4.69) is 19.9 Å². The molecule has 10 heavy (non-hydrogen) atoms. The van der Waals surface area contributed by atoms with Crippen molar-refractivity contribution in [3.63, 3.8) is 0 Å². The van der Waals surface area contributed by atoms with Crippen molar-refractivity contribution in [3.8, 4) is 0 Å². The standard InChI is InChI=1S/C10H16/c1-3-8-5-9-4-7(2)10(9)6-8/h6-7,9-10H,3-5H2,1-2H3/t7?,9-,10-/m0/s1. The zero-order chi connectivity index (χ0) is 7.14. The second kappa shape index (κ2) is 2.11. The van der Waals surface area contributed by atoms with E-state index in [-0.39, 0.29) is 0 Å². The van der Waals surface area contributed by atoms with Crippen LogP contribution in [-0.2, 0) is 0 Å². The predicted molar refractivity (Wildman–Crippen MR) is 43.8 cm³/mol. The van der Waals surface area contributed by atoms with Gasteiger partial charge in [-0.25, -0.2) is 0 Å². The van der Waals surface area contributed by atoms with Crippen molar-refractivity contribution in [2.24, 2.45) is 17.8 Å². The summed E-state index contributed by atoms with van der Waals surface area (Å²) in [7, 11) is 0. The highest BCUT2D eigenvalue weighted by Gasteiger charge is 2.39. The van der Waals surface area contributed by atoms with E-state index in [4.69, 9.17) is 0 Å². The van der Waals surface area contributed by atoms with Gasteiger partial charge in [0.2, 0.25) is 0 Å². The van der Waals surface area contributed by atoms with Crippen LogP contribution in [0.25, 0.3) is 0 Å². The van der Waals surface area contributed by atoms with Gasteiger partial charge < -0.3 is 0 Å². The Bertz CT molecular complexity index is 167. The first-order valence-corrected chi connectivity index (χ1v) is 4.50. The van der Waals surface area contributed by atoms with E-state index in [0.29, 0.717) is 0 Å². The van der Waals surface area contributed by atoms with Crippen LogP contribution in [0.2, 0.25) is 0 Å². The van der Waals surface area contributed by atoms with Gasteiger partial charge in [0.15, 0.2) is 0 Å². The quantitative estimate of drug-likeness (QED) is 0.486. The average Bonchev–Trinajstić information content (AvgIpc) is 2.26. The molecule has 2 aliphatic carbocycles. The van der Waals surface area contributed by atoms with E-state index in [1.165, 1.54) is 19.3 Å². The smallest absolute Gasteiger partial charge is 0.0173 e. The van der Waals surface area contributed by atoms with Crippen molar-refractivity contribution >= 4 is 0 Å². The molecule has 0 heteroatoms. The van der Waals surface area contributed by atoms with Crippen LogP contribution < -0.4 is 0 Å². The highest BCUT2D eigenvalue weighted by Crippen LogP contribution is 2.49. The van der Waals surface area contributed by atoms with Crippen LogP contribution in [-0.4, -0.2) is 0 Å². The Morgan fingerprint density at radius 3 is 2.90 bits per heavy atom. The normalized spacial score (nSPS) is 44.2. The first-order valence-electron chi connectivity index (χ1n) is 4.50. The minimum atomic E-state index is 0.981. The van der Waals surface area contributed by atoms with Crippen LogP contribution in [0, 0.1) is 17.8 Å². The van der Waals surface area contributed by atoms with Crippen LogP contribution in [0.15, 0.2) is 11.6 Å². The minimum Gasteiger partial charge on any atom is -0.0817 e. The number of hydrogen-bond acceptors (Lipinski definition) is 0. The van der Waals surface area contributed by atoms with Crippen LogP contribution >= 0.6 is 0 Å². The third kappa shape index (κ3) is 0.744. The molecule has 0 nitrogen and oxygen atoms in total. The van der Waals surface area contributed by atoms with Crippen molar-refractivity contribution in [3.05, 3.63) is 11.6 Å². The van der Waals surface area contributed by atoms with Gasteiger partial charge in [-0.2, -0.15) is 0 Å². The van der Waals surface area contributed by atoms with E-state index in [1.807, 2.05) is 0 Å². The lowest BCUT2D eigenvalue weighted by Crippen LogP contribution is -2.29. The monoisotopic (exact) mass is 136 g/mol. The summed E-state index contributed by atoms with van der Waals surface area (Å²) in [5.74, 6) is 3.04. The van der Waals surface area contributed by atoms with E-state index in [9.17, 15) is 0 Å². The van der Waals surface area contributed by atoms with E-state index >= 15 is 0 Å². The van der Waals surface area contributed by atoms with E-state index in [0.717, 1.165) is 17.8 Å². The first-order chi connectivity index (χ1) is 4.81. The fraction of sp³-hybridized carbons (Fsp3) is 0.800. The molecule has 0 bridgehead atoms. The molecule has 0 aromatic carbocycles. The lowest BCUT2D eigenvalue weighted by molar-refractivity contribution is 0.147. The Morgan fingerprint density at radius 2 is 2.40 bits per heavy atom. The zero-order valence-electron chi connectivity index (χ0n) is 6.93. The summed E-state index contributed by atoms with van der Waals surface area (Å²) in [6.07, 6.45) is 6.74. The van der Waals surface area contributed by atoms with Crippen molar-refractivity contribution in [1.82, 2.24) is 0 Å². The van der Waals surface area contributed by atoms with Crippen LogP contribution in [0.4, 0.5) is 0 Å². The maximum atomic E-state index is 2.54. The number of fused-ring (bicyclic) bond motifs is 1. The minimum absolute atomic E-state index is 0.981. The Hall–Kier alpha value is -0.260. The summed E-state index contributed by atoms with van der Waals surface area (Å²) in [4.78, 5) is 0. The summed E-state index contributed by atoms with van der Waals surface area (Å²) in [5.41, 5.74) is 1.72. The van der Waals surface area contributed by atoms with Crippen LogP contribution in [0.1, 0.15) is 33.1 Å². The van der Waals surface area contributed by atoms with Gasteiger partial charge >= 0.3 is 0 Å². The Morgan fingerprint density at radius 1 is 1.60 bits per heavy atom. The van der Waals surface area contributed by atoms with Gasteiger partial charge in [-0.3, -0.25) is 0 Å². The van der Waals surface area contributed by atoms with E-state index < -0.39 is 0 Å². The topological polar surface area (TPSA) is 0 Å². The Kier molecular flexibility index (Phi) is 1.36. The summed E-state index contributed by atoms with van der Waals surface area (Å²) in [5, 5.41) is 0. The molecule has 0 heterocycles. The lowest BCUT2D eigenvalue weighted by atomic mass is 9.68. The number of hydrogen-bond donors (Lipinski definition) is 0. The predicted octanol–water partition coefficient (Wildman–Crippen LogP) is 3.00. The van der Waals surface area contributed by atoms with Crippen LogP contribution in [0.5, 0.6) is 0 Å². The van der Waals surface area contributed by atoms with Gasteiger partial charge in [-0.1, -0.05) is 25.5 Å². The third-order valence-corrected chi connectivity index (χ3v) is 3.28. The summed E-state index contributed by atoms with van der Waals surface area (Å²) >= 11 is 0. The molecule has 2 rings (SSSR count). The van der Waals surface area contributed by atoms with Gasteiger partial charge in [0.25, 0.3) is 0 Å². The Labute approximate surface area is 63.3 Å².